The van der Waals surface area contributed by atoms with E-state index in [0.717, 1.165) is 51.6 Å². The van der Waals surface area contributed by atoms with E-state index >= 15 is 0 Å². The van der Waals surface area contributed by atoms with Crippen molar-refractivity contribution >= 4 is 0 Å². The highest BCUT2D eigenvalue weighted by atomic mass is 16.5. The highest BCUT2D eigenvalue weighted by molar-refractivity contribution is 5.33. The van der Waals surface area contributed by atoms with Crippen LogP contribution in [0.3, 0.4) is 0 Å². The first-order valence-corrected chi connectivity index (χ1v) is 7.85. The Hall–Kier alpha value is -1.14. The first-order valence-electron chi connectivity index (χ1n) is 7.85. The molecule has 1 aromatic rings. The quantitative estimate of drug-likeness (QED) is 0.827. The molecular weight excluding hydrogens is 266 g/mol. The molecule has 3 rings (SSSR count). The fourth-order valence-electron chi connectivity index (χ4n) is 3.08. The molecule has 2 heterocycles. The van der Waals surface area contributed by atoms with Crippen LogP contribution >= 0.6 is 0 Å². The van der Waals surface area contributed by atoms with Crippen LogP contribution in [-0.2, 0) is 6.54 Å². The summed E-state index contributed by atoms with van der Waals surface area (Å²) in [4.78, 5) is 4.63. The van der Waals surface area contributed by atoms with Crippen LogP contribution in [0.4, 0.5) is 0 Å². The molecule has 2 N–H and O–H groups in total. The summed E-state index contributed by atoms with van der Waals surface area (Å²) in [5.41, 5.74) is 1.21. The molecule has 116 valence electrons. The second kappa shape index (κ2) is 7.22. The summed E-state index contributed by atoms with van der Waals surface area (Å²) in [6, 6.07) is 8.18. The zero-order valence-electron chi connectivity index (χ0n) is 12.5. The van der Waals surface area contributed by atoms with Crippen molar-refractivity contribution in [3.05, 3.63) is 29.8 Å². The van der Waals surface area contributed by atoms with Gasteiger partial charge in [0.25, 0.3) is 0 Å². The Labute approximate surface area is 126 Å². The third kappa shape index (κ3) is 4.17. The maximum Gasteiger partial charge on any atom is 0.123 e. The van der Waals surface area contributed by atoms with Gasteiger partial charge in [0.1, 0.15) is 12.4 Å². The third-order valence-electron chi connectivity index (χ3n) is 4.18. The Morgan fingerprint density at radius 3 is 2.71 bits per heavy atom. The van der Waals surface area contributed by atoms with Gasteiger partial charge in [-0.1, -0.05) is 18.2 Å². The highest BCUT2D eigenvalue weighted by Gasteiger charge is 2.20. The number of nitrogens with one attached hydrogen (secondary N) is 1. The van der Waals surface area contributed by atoms with E-state index in [2.05, 4.69) is 21.2 Å². The Kier molecular flexibility index (Phi) is 5.08. The Bertz CT molecular complexity index is 449. The molecule has 2 aliphatic rings. The number of rotatable bonds is 4. The second-order valence-electron chi connectivity index (χ2n) is 5.90. The zero-order chi connectivity index (χ0) is 14.5. The van der Waals surface area contributed by atoms with Gasteiger partial charge >= 0.3 is 0 Å². The SMILES string of the molecule is OC(CN1CCNCC1)CN1CCOc2ccccc2C1. The Balaban J connectivity index is 1.52. The van der Waals surface area contributed by atoms with Crippen LogP contribution in [0.15, 0.2) is 24.3 Å². The minimum Gasteiger partial charge on any atom is -0.492 e. The van der Waals surface area contributed by atoms with Crippen LogP contribution in [0.5, 0.6) is 5.75 Å². The van der Waals surface area contributed by atoms with Crippen molar-refractivity contribution in [1.82, 2.24) is 15.1 Å². The van der Waals surface area contributed by atoms with E-state index in [1.807, 2.05) is 18.2 Å². The second-order valence-corrected chi connectivity index (χ2v) is 5.90. The maximum absolute atomic E-state index is 10.3. The number of aliphatic hydroxyl groups excluding tert-OH is 1. The summed E-state index contributed by atoms with van der Waals surface area (Å²) >= 11 is 0. The lowest BCUT2D eigenvalue weighted by Gasteiger charge is -2.31. The molecule has 21 heavy (non-hydrogen) atoms. The summed E-state index contributed by atoms with van der Waals surface area (Å²) in [6.45, 7) is 8.00. The fourth-order valence-corrected chi connectivity index (χ4v) is 3.08. The van der Waals surface area contributed by atoms with Gasteiger partial charge in [-0.25, -0.2) is 0 Å². The summed E-state index contributed by atoms with van der Waals surface area (Å²) in [5, 5.41) is 13.7. The van der Waals surface area contributed by atoms with Crippen LogP contribution in [-0.4, -0.2) is 73.4 Å². The molecule has 0 aliphatic carbocycles. The van der Waals surface area contributed by atoms with E-state index in [-0.39, 0.29) is 6.10 Å². The maximum atomic E-state index is 10.3. The molecule has 0 amide bonds. The first-order chi connectivity index (χ1) is 10.3. The standard InChI is InChI=1S/C16H25N3O2/c20-15(12-18-7-5-17-6-8-18)13-19-9-10-21-16-4-2-1-3-14(16)11-19/h1-4,15,17,20H,5-13H2. The van der Waals surface area contributed by atoms with Crippen molar-refractivity contribution in [2.75, 3.05) is 52.4 Å². The molecule has 2 aliphatic heterocycles. The van der Waals surface area contributed by atoms with E-state index in [1.165, 1.54) is 5.56 Å². The number of nitrogens with zero attached hydrogens (tertiary/aromatic N) is 2. The van der Waals surface area contributed by atoms with Gasteiger partial charge in [0.15, 0.2) is 0 Å². The summed E-state index contributed by atoms with van der Waals surface area (Å²) in [6.07, 6.45) is -0.298. The van der Waals surface area contributed by atoms with Gasteiger partial charge in [0.05, 0.1) is 6.10 Å². The summed E-state index contributed by atoms with van der Waals surface area (Å²) in [7, 11) is 0. The smallest absolute Gasteiger partial charge is 0.123 e. The molecular formula is C16H25N3O2. The van der Waals surface area contributed by atoms with Crippen LogP contribution in [0, 0.1) is 0 Å². The predicted octanol–water partition coefficient (Wildman–Crippen LogP) is 0.147. The average molecular weight is 291 g/mol. The predicted molar refractivity (Wildman–Crippen MR) is 82.5 cm³/mol. The number of para-hydroxylation sites is 1. The molecule has 1 aromatic carbocycles. The first kappa shape index (κ1) is 14.8. The minimum absolute atomic E-state index is 0.298. The number of hydrogen-bond acceptors (Lipinski definition) is 5. The number of aliphatic hydroxyl groups is 1. The van der Waals surface area contributed by atoms with E-state index in [0.29, 0.717) is 13.2 Å². The van der Waals surface area contributed by atoms with Crippen molar-refractivity contribution in [2.24, 2.45) is 0 Å². The number of piperazine rings is 1. The molecule has 5 heteroatoms. The van der Waals surface area contributed by atoms with Crippen molar-refractivity contribution in [3.8, 4) is 5.75 Å². The topological polar surface area (TPSA) is 48.0 Å². The number of β-amino-alcohol motifs (C(OH)–C–C–N with tert-alkyl or cyclic N) is 1. The van der Waals surface area contributed by atoms with E-state index in [4.69, 9.17) is 4.74 Å². The van der Waals surface area contributed by atoms with Gasteiger partial charge in [0.2, 0.25) is 0 Å². The molecule has 1 saturated heterocycles. The minimum atomic E-state index is -0.298. The summed E-state index contributed by atoms with van der Waals surface area (Å²) < 4.78 is 5.77. The van der Waals surface area contributed by atoms with Gasteiger partial charge in [-0.05, 0) is 6.07 Å². The van der Waals surface area contributed by atoms with Gasteiger partial charge < -0.3 is 15.2 Å². The number of fused-ring (bicyclic) bond motifs is 1. The van der Waals surface area contributed by atoms with Gasteiger partial charge in [-0.15, -0.1) is 0 Å². The molecule has 1 fully saturated rings. The fraction of sp³-hybridized carbons (Fsp3) is 0.625. The highest BCUT2D eigenvalue weighted by Crippen LogP contribution is 2.22. The molecule has 0 radical (unpaired) electrons. The summed E-state index contributed by atoms with van der Waals surface area (Å²) in [5.74, 6) is 0.983. The number of ether oxygens (including phenoxy) is 1. The molecule has 0 spiro atoms. The van der Waals surface area contributed by atoms with E-state index in [9.17, 15) is 5.11 Å². The van der Waals surface area contributed by atoms with E-state index < -0.39 is 0 Å². The Morgan fingerprint density at radius 2 is 1.86 bits per heavy atom. The molecule has 1 atom stereocenters. The van der Waals surface area contributed by atoms with Gasteiger partial charge in [-0.2, -0.15) is 0 Å². The molecule has 0 aromatic heterocycles. The van der Waals surface area contributed by atoms with Crippen LogP contribution in [0.25, 0.3) is 0 Å². The Morgan fingerprint density at radius 1 is 1.10 bits per heavy atom. The lowest BCUT2D eigenvalue weighted by Crippen LogP contribution is -2.48. The number of benzene rings is 1. The number of hydrogen-bond donors (Lipinski definition) is 2. The monoisotopic (exact) mass is 291 g/mol. The van der Waals surface area contributed by atoms with Crippen LogP contribution in [0.2, 0.25) is 0 Å². The lowest BCUT2D eigenvalue weighted by atomic mass is 10.2. The average Bonchev–Trinajstić information content (AvgIpc) is 2.69. The van der Waals surface area contributed by atoms with Gasteiger partial charge in [-0.3, -0.25) is 9.80 Å². The molecule has 0 bridgehead atoms. The normalized spacial score (nSPS) is 22.1. The van der Waals surface area contributed by atoms with Crippen molar-refractivity contribution < 1.29 is 9.84 Å². The van der Waals surface area contributed by atoms with Crippen LogP contribution < -0.4 is 10.1 Å². The zero-order valence-corrected chi connectivity index (χ0v) is 12.5. The molecule has 1 unspecified atom stereocenters. The van der Waals surface area contributed by atoms with Crippen LogP contribution in [0.1, 0.15) is 5.56 Å². The van der Waals surface area contributed by atoms with Crippen molar-refractivity contribution in [1.29, 1.82) is 0 Å². The lowest BCUT2D eigenvalue weighted by molar-refractivity contribution is 0.0652. The third-order valence-corrected chi connectivity index (χ3v) is 4.18. The van der Waals surface area contributed by atoms with Crippen molar-refractivity contribution in [2.45, 2.75) is 12.6 Å². The van der Waals surface area contributed by atoms with Gasteiger partial charge in [0, 0.05) is 57.9 Å². The van der Waals surface area contributed by atoms with Crippen molar-refractivity contribution in [3.63, 3.8) is 0 Å². The molecule has 0 saturated carbocycles. The largest absolute Gasteiger partial charge is 0.492 e. The van der Waals surface area contributed by atoms with E-state index in [1.54, 1.807) is 0 Å². The molecule has 5 nitrogen and oxygen atoms in total.